The van der Waals surface area contributed by atoms with Gasteiger partial charge in [-0.15, -0.1) is 0 Å². The van der Waals surface area contributed by atoms with Crippen molar-refractivity contribution in [1.29, 1.82) is 0 Å². The predicted molar refractivity (Wildman–Crippen MR) is 80.6 cm³/mol. The number of carbonyl (C=O) groups excluding carboxylic acids is 1. The zero-order valence-corrected chi connectivity index (χ0v) is 12.0. The number of rotatable bonds is 11. The van der Waals surface area contributed by atoms with Gasteiger partial charge in [-0.05, 0) is 25.8 Å². The fourth-order valence-electron chi connectivity index (χ4n) is 1.59. The van der Waals surface area contributed by atoms with E-state index in [1.54, 1.807) is 12.3 Å². The third kappa shape index (κ3) is 12.9. The smallest absolute Gasteiger partial charge is 0.223 e. The fraction of sp³-hybridized carbons (Fsp3) is 0.562. The number of carbonyl (C=O) groups is 1. The minimum atomic E-state index is 0.0660. The number of nitrogens with one attached hydrogen (secondary N) is 1. The Hall–Kier alpha value is -1.35. The molecule has 3 nitrogen and oxygen atoms in total. The molecule has 0 heterocycles. The van der Waals surface area contributed by atoms with Gasteiger partial charge in [0.05, 0.1) is 0 Å². The maximum absolute atomic E-state index is 11.5. The monoisotopic (exact) mass is 265 g/mol. The molecular weight excluding hydrogens is 238 g/mol. The second-order valence-electron chi connectivity index (χ2n) is 4.64. The third-order valence-electron chi connectivity index (χ3n) is 2.83. The molecule has 0 saturated carbocycles. The molecule has 0 aromatic heterocycles. The zero-order chi connectivity index (χ0) is 14.3. The molecule has 3 heteroatoms. The summed E-state index contributed by atoms with van der Waals surface area (Å²) in [4.78, 5) is 11.5. The van der Waals surface area contributed by atoms with E-state index in [2.05, 4.69) is 11.9 Å². The quantitative estimate of drug-likeness (QED) is 0.444. The number of unbranched alkanes of at least 4 members (excludes halogenated alkanes) is 5. The van der Waals surface area contributed by atoms with Crippen molar-refractivity contribution in [2.75, 3.05) is 6.61 Å². The first kappa shape index (κ1) is 17.6. The van der Waals surface area contributed by atoms with Gasteiger partial charge in [0.1, 0.15) is 0 Å². The summed E-state index contributed by atoms with van der Waals surface area (Å²) in [6, 6.07) is 0. The first-order chi connectivity index (χ1) is 9.20. The van der Waals surface area contributed by atoms with Crippen molar-refractivity contribution in [3.63, 3.8) is 0 Å². The minimum absolute atomic E-state index is 0.0660. The predicted octanol–water partition coefficient (Wildman–Crippen LogP) is 3.47. The van der Waals surface area contributed by atoms with Gasteiger partial charge in [0.2, 0.25) is 5.91 Å². The maximum atomic E-state index is 11.5. The Balaban J connectivity index is 3.47. The average Bonchev–Trinajstić information content (AvgIpc) is 2.42. The van der Waals surface area contributed by atoms with Crippen LogP contribution >= 0.6 is 0 Å². The molecular formula is C16H27NO2. The van der Waals surface area contributed by atoms with Gasteiger partial charge in [0.15, 0.2) is 0 Å². The Bertz CT molecular complexity index is 306. The highest BCUT2D eigenvalue weighted by Crippen LogP contribution is 2.06. The van der Waals surface area contributed by atoms with E-state index in [0.717, 1.165) is 44.1 Å². The Labute approximate surface area is 117 Å². The van der Waals surface area contributed by atoms with E-state index in [1.807, 2.05) is 19.1 Å². The summed E-state index contributed by atoms with van der Waals surface area (Å²) in [5.41, 5.74) is 1.06. The molecule has 0 radical (unpaired) electrons. The second kappa shape index (κ2) is 13.1. The van der Waals surface area contributed by atoms with Crippen molar-refractivity contribution in [3.8, 4) is 0 Å². The van der Waals surface area contributed by atoms with Gasteiger partial charge in [0.25, 0.3) is 0 Å². The summed E-state index contributed by atoms with van der Waals surface area (Å²) in [5.74, 6) is 0.0660. The van der Waals surface area contributed by atoms with Crippen molar-refractivity contribution in [1.82, 2.24) is 5.32 Å². The number of hydrogen-bond donors (Lipinski definition) is 2. The molecule has 0 aliphatic heterocycles. The lowest BCUT2D eigenvalue weighted by Gasteiger charge is -2.01. The lowest BCUT2D eigenvalue weighted by molar-refractivity contribution is -0.120. The van der Waals surface area contributed by atoms with Crippen LogP contribution in [0, 0.1) is 0 Å². The van der Waals surface area contributed by atoms with E-state index in [1.165, 1.54) is 0 Å². The standard InChI is InChI=1S/C16H27NO2/c1-3-15(2)11-10-13-17-16(19)12-8-6-4-5-7-9-14-18/h3,10-11,13,18H,1,4-9,12,14H2,2H3,(H,17,19)/b13-10+,15-11-. The number of aliphatic hydroxyl groups excluding tert-OH is 1. The van der Waals surface area contributed by atoms with Gasteiger partial charge in [0, 0.05) is 19.2 Å². The Morgan fingerprint density at radius 1 is 1.16 bits per heavy atom. The lowest BCUT2D eigenvalue weighted by Crippen LogP contribution is -2.16. The maximum Gasteiger partial charge on any atom is 0.223 e. The van der Waals surface area contributed by atoms with Gasteiger partial charge < -0.3 is 10.4 Å². The van der Waals surface area contributed by atoms with Crippen LogP contribution in [0.15, 0.2) is 36.6 Å². The molecule has 0 spiro atoms. The summed E-state index contributed by atoms with van der Waals surface area (Å²) in [5, 5.41) is 11.4. The minimum Gasteiger partial charge on any atom is -0.396 e. The Morgan fingerprint density at radius 3 is 2.42 bits per heavy atom. The third-order valence-corrected chi connectivity index (χ3v) is 2.83. The molecule has 0 saturated heterocycles. The summed E-state index contributed by atoms with van der Waals surface area (Å²) in [6.45, 7) is 5.89. The largest absolute Gasteiger partial charge is 0.396 e. The van der Waals surface area contributed by atoms with E-state index in [4.69, 9.17) is 5.11 Å². The van der Waals surface area contributed by atoms with Gasteiger partial charge in [-0.3, -0.25) is 4.79 Å². The molecule has 0 bridgehead atoms. The van der Waals surface area contributed by atoms with Crippen molar-refractivity contribution in [2.45, 2.75) is 51.9 Å². The summed E-state index contributed by atoms with van der Waals surface area (Å²) in [6.07, 6.45) is 14.0. The molecule has 0 aliphatic rings. The summed E-state index contributed by atoms with van der Waals surface area (Å²) >= 11 is 0. The van der Waals surface area contributed by atoms with E-state index in [9.17, 15) is 4.79 Å². The van der Waals surface area contributed by atoms with Crippen LogP contribution in [0.1, 0.15) is 51.9 Å². The van der Waals surface area contributed by atoms with Crippen LogP contribution in [0.3, 0.4) is 0 Å². The number of amides is 1. The van der Waals surface area contributed by atoms with Crippen LogP contribution in [-0.2, 0) is 4.79 Å². The van der Waals surface area contributed by atoms with Gasteiger partial charge in [-0.2, -0.15) is 0 Å². The molecule has 0 unspecified atom stereocenters. The van der Waals surface area contributed by atoms with E-state index >= 15 is 0 Å². The van der Waals surface area contributed by atoms with Gasteiger partial charge in [-0.1, -0.05) is 50.0 Å². The summed E-state index contributed by atoms with van der Waals surface area (Å²) < 4.78 is 0. The van der Waals surface area contributed by atoms with E-state index in [0.29, 0.717) is 6.42 Å². The van der Waals surface area contributed by atoms with Crippen LogP contribution in [0.4, 0.5) is 0 Å². The van der Waals surface area contributed by atoms with Crippen molar-refractivity contribution < 1.29 is 9.90 Å². The van der Waals surface area contributed by atoms with Crippen LogP contribution in [0.2, 0.25) is 0 Å². The lowest BCUT2D eigenvalue weighted by atomic mass is 10.1. The molecule has 0 rings (SSSR count). The fourth-order valence-corrected chi connectivity index (χ4v) is 1.59. The molecule has 0 aromatic carbocycles. The van der Waals surface area contributed by atoms with Crippen LogP contribution in [-0.4, -0.2) is 17.6 Å². The molecule has 2 N–H and O–H groups in total. The molecule has 19 heavy (non-hydrogen) atoms. The Kier molecular flexibility index (Phi) is 12.2. The second-order valence-corrected chi connectivity index (χ2v) is 4.64. The molecule has 0 aliphatic carbocycles. The molecule has 108 valence electrons. The molecule has 0 fully saturated rings. The molecule has 0 atom stereocenters. The van der Waals surface area contributed by atoms with Crippen molar-refractivity contribution in [3.05, 3.63) is 36.6 Å². The highest BCUT2D eigenvalue weighted by atomic mass is 16.2. The zero-order valence-electron chi connectivity index (χ0n) is 12.0. The SMILES string of the molecule is C=C/C(C)=C\C=C\NC(=O)CCCCCCCCO. The van der Waals surface area contributed by atoms with Crippen LogP contribution < -0.4 is 5.32 Å². The normalized spacial score (nSPS) is 11.8. The number of hydrogen-bond acceptors (Lipinski definition) is 2. The van der Waals surface area contributed by atoms with Gasteiger partial charge in [-0.25, -0.2) is 0 Å². The van der Waals surface area contributed by atoms with Crippen LogP contribution in [0.25, 0.3) is 0 Å². The first-order valence-electron chi connectivity index (χ1n) is 7.06. The van der Waals surface area contributed by atoms with Gasteiger partial charge >= 0.3 is 0 Å². The molecule has 0 aromatic rings. The average molecular weight is 265 g/mol. The summed E-state index contributed by atoms with van der Waals surface area (Å²) in [7, 11) is 0. The first-order valence-corrected chi connectivity index (χ1v) is 7.06. The highest BCUT2D eigenvalue weighted by molar-refractivity contribution is 5.76. The van der Waals surface area contributed by atoms with Crippen LogP contribution in [0.5, 0.6) is 0 Å². The number of aliphatic hydroxyl groups is 1. The van der Waals surface area contributed by atoms with Crippen molar-refractivity contribution in [2.24, 2.45) is 0 Å². The van der Waals surface area contributed by atoms with Crippen molar-refractivity contribution >= 4 is 5.91 Å². The molecule has 1 amide bonds. The highest BCUT2D eigenvalue weighted by Gasteiger charge is 1.98. The number of allylic oxidation sites excluding steroid dienone is 4. The van der Waals surface area contributed by atoms with E-state index in [-0.39, 0.29) is 12.5 Å². The Morgan fingerprint density at radius 2 is 1.79 bits per heavy atom. The topological polar surface area (TPSA) is 49.3 Å². The van der Waals surface area contributed by atoms with E-state index < -0.39 is 0 Å².